The summed E-state index contributed by atoms with van der Waals surface area (Å²) in [6, 6.07) is 8.53. The summed E-state index contributed by atoms with van der Waals surface area (Å²) in [6.45, 7) is 0.571. The van der Waals surface area contributed by atoms with E-state index in [9.17, 15) is 9.59 Å². The Balaban J connectivity index is 0.00000220. The number of benzene rings is 1. The standard InChI is InChI=1S/C15H20N2O3.ClH/c1-20-15(19)13-8-5-9-17(13)14(18)12(16)10-11-6-3-2-4-7-11;/h2-4,6-7,12-13H,5,8-10,16H2,1H3;1H/t12-,13-;/m0./s1. The van der Waals surface area contributed by atoms with Gasteiger partial charge in [-0.3, -0.25) is 4.79 Å². The van der Waals surface area contributed by atoms with Crippen molar-refractivity contribution in [3.8, 4) is 0 Å². The molecule has 0 saturated carbocycles. The van der Waals surface area contributed by atoms with Gasteiger partial charge in [-0.2, -0.15) is 0 Å². The topological polar surface area (TPSA) is 72.6 Å². The Hall–Kier alpha value is -1.59. The van der Waals surface area contributed by atoms with E-state index in [0.29, 0.717) is 19.4 Å². The number of esters is 1. The van der Waals surface area contributed by atoms with Gasteiger partial charge in [-0.15, -0.1) is 12.4 Å². The van der Waals surface area contributed by atoms with E-state index in [1.54, 1.807) is 4.90 Å². The van der Waals surface area contributed by atoms with Crippen molar-refractivity contribution in [2.24, 2.45) is 5.73 Å². The Bertz CT molecular complexity index is 481. The van der Waals surface area contributed by atoms with E-state index in [4.69, 9.17) is 10.5 Å². The van der Waals surface area contributed by atoms with E-state index in [0.717, 1.165) is 12.0 Å². The molecule has 1 aromatic carbocycles. The molecule has 1 aliphatic rings. The molecule has 0 radical (unpaired) electrons. The van der Waals surface area contributed by atoms with Gasteiger partial charge >= 0.3 is 5.97 Å². The lowest BCUT2D eigenvalue weighted by Crippen LogP contribution is -2.49. The molecule has 0 bridgehead atoms. The first-order chi connectivity index (χ1) is 9.63. The summed E-state index contributed by atoms with van der Waals surface area (Å²) in [4.78, 5) is 25.6. The van der Waals surface area contributed by atoms with Crippen LogP contribution in [0.25, 0.3) is 0 Å². The highest BCUT2D eigenvalue weighted by atomic mass is 35.5. The van der Waals surface area contributed by atoms with Crippen LogP contribution in [-0.2, 0) is 20.7 Å². The molecular formula is C15H21ClN2O3. The average molecular weight is 313 g/mol. The number of nitrogens with zero attached hydrogens (tertiary/aromatic N) is 1. The molecule has 0 spiro atoms. The molecule has 0 aromatic heterocycles. The van der Waals surface area contributed by atoms with Crippen molar-refractivity contribution in [1.29, 1.82) is 0 Å². The molecular weight excluding hydrogens is 292 g/mol. The predicted molar refractivity (Wildman–Crippen MR) is 82.1 cm³/mol. The maximum absolute atomic E-state index is 12.4. The second-order valence-electron chi connectivity index (χ2n) is 5.01. The Morgan fingerprint density at radius 2 is 2.05 bits per heavy atom. The fraction of sp³-hybridized carbons (Fsp3) is 0.467. The molecule has 5 nitrogen and oxygen atoms in total. The summed E-state index contributed by atoms with van der Waals surface area (Å²) in [5.41, 5.74) is 7.01. The second-order valence-corrected chi connectivity index (χ2v) is 5.01. The Kier molecular flexibility index (Phi) is 6.65. The van der Waals surface area contributed by atoms with Gasteiger partial charge in [0.2, 0.25) is 5.91 Å². The highest BCUT2D eigenvalue weighted by Crippen LogP contribution is 2.19. The highest BCUT2D eigenvalue weighted by molar-refractivity contribution is 5.88. The molecule has 2 atom stereocenters. The zero-order valence-corrected chi connectivity index (χ0v) is 12.8. The van der Waals surface area contributed by atoms with Crippen molar-refractivity contribution in [3.05, 3.63) is 35.9 Å². The maximum Gasteiger partial charge on any atom is 0.328 e. The number of hydrogen-bond acceptors (Lipinski definition) is 4. The molecule has 1 fully saturated rings. The number of halogens is 1. The van der Waals surface area contributed by atoms with Gasteiger partial charge in [0.25, 0.3) is 0 Å². The van der Waals surface area contributed by atoms with E-state index < -0.39 is 12.1 Å². The summed E-state index contributed by atoms with van der Waals surface area (Å²) < 4.78 is 4.74. The van der Waals surface area contributed by atoms with Crippen LogP contribution in [-0.4, -0.2) is 42.5 Å². The fourth-order valence-electron chi connectivity index (χ4n) is 2.58. The molecule has 2 N–H and O–H groups in total. The number of nitrogens with two attached hydrogens (primary N) is 1. The predicted octanol–water partition coefficient (Wildman–Crippen LogP) is 1.14. The molecule has 1 aliphatic heterocycles. The minimum absolute atomic E-state index is 0. The van der Waals surface area contributed by atoms with Crippen molar-refractivity contribution in [3.63, 3.8) is 0 Å². The van der Waals surface area contributed by atoms with Gasteiger partial charge in [0.15, 0.2) is 0 Å². The van der Waals surface area contributed by atoms with Gasteiger partial charge in [0, 0.05) is 6.54 Å². The molecule has 2 rings (SSSR count). The van der Waals surface area contributed by atoms with E-state index in [-0.39, 0.29) is 24.3 Å². The lowest BCUT2D eigenvalue weighted by Gasteiger charge is -2.25. The smallest absolute Gasteiger partial charge is 0.328 e. The van der Waals surface area contributed by atoms with Crippen LogP contribution in [0.5, 0.6) is 0 Å². The van der Waals surface area contributed by atoms with E-state index in [1.165, 1.54) is 7.11 Å². The summed E-state index contributed by atoms with van der Waals surface area (Å²) >= 11 is 0. The first-order valence-electron chi connectivity index (χ1n) is 6.81. The first kappa shape index (κ1) is 17.5. The van der Waals surface area contributed by atoms with E-state index in [1.807, 2.05) is 30.3 Å². The number of amides is 1. The minimum Gasteiger partial charge on any atom is -0.467 e. The monoisotopic (exact) mass is 312 g/mol. The summed E-state index contributed by atoms with van der Waals surface area (Å²) in [5, 5.41) is 0. The molecule has 1 amide bonds. The molecule has 0 unspecified atom stereocenters. The third-order valence-electron chi connectivity index (χ3n) is 3.62. The Morgan fingerprint density at radius 1 is 1.38 bits per heavy atom. The van der Waals surface area contributed by atoms with Crippen LogP contribution in [0, 0.1) is 0 Å². The number of carbonyl (C=O) groups excluding carboxylic acids is 2. The number of hydrogen-bond donors (Lipinski definition) is 1. The van der Waals surface area contributed by atoms with Gasteiger partial charge in [0.05, 0.1) is 13.2 Å². The van der Waals surface area contributed by atoms with Gasteiger partial charge in [-0.1, -0.05) is 30.3 Å². The van der Waals surface area contributed by atoms with E-state index in [2.05, 4.69) is 0 Å². The van der Waals surface area contributed by atoms with Crippen LogP contribution in [0.15, 0.2) is 30.3 Å². The van der Waals surface area contributed by atoms with Crippen LogP contribution in [0.2, 0.25) is 0 Å². The maximum atomic E-state index is 12.4. The van der Waals surface area contributed by atoms with Crippen LogP contribution in [0.4, 0.5) is 0 Å². The van der Waals surface area contributed by atoms with Crippen molar-refractivity contribution in [2.75, 3.05) is 13.7 Å². The molecule has 116 valence electrons. The number of carbonyl (C=O) groups is 2. The number of methoxy groups -OCH3 is 1. The summed E-state index contributed by atoms with van der Waals surface area (Å²) in [7, 11) is 1.34. The fourth-order valence-corrected chi connectivity index (χ4v) is 2.58. The molecule has 1 aromatic rings. The van der Waals surface area contributed by atoms with Crippen molar-refractivity contribution in [1.82, 2.24) is 4.90 Å². The van der Waals surface area contributed by atoms with Crippen LogP contribution in [0.3, 0.4) is 0 Å². The lowest BCUT2D eigenvalue weighted by atomic mass is 10.1. The lowest BCUT2D eigenvalue weighted by molar-refractivity contribution is -0.151. The van der Waals surface area contributed by atoms with Gasteiger partial charge in [-0.25, -0.2) is 4.79 Å². The molecule has 21 heavy (non-hydrogen) atoms. The summed E-state index contributed by atoms with van der Waals surface area (Å²) in [5.74, 6) is -0.537. The third kappa shape index (κ3) is 4.19. The zero-order chi connectivity index (χ0) is 14.5. The first-order valence-corrected chi connectivity index (χ1v) is 6.81. The average Bonchev–Trinajstić information content (AvgIpc) is 2.96. The van der Waals surface area contributed by atoms with Crippen LogP contribution < -0.4 is 5.73 Å². The summed E-state index contributed by atoms with van der Waals surface area (Å²) in [6.07, 6.45) is 1.93. The second kappa shape index (κ2) is 8.00. The normalized spacial score (nSPS) is 18.8. The zero-order valence-electron chi connectivity index (χ0n) is 12.0. The quantitative estimate of drug-likeness (QED) is 0.846. The van der Waals surface area contributed by atoms with Crippen molar-refractivity contribution in [2.45, 2.75) is 31.3 Å². The molecule has 1 heterocycles. The number of likely N-dealkylation sites (tertiary alicyclic amines) is 1. The van der Waals surface area contributed by atoms with Gasteiger partial charge < -0.3 is 15.4 Å². The SMILES string of the molecule is COC(=O)[C@@H]1CCCN1C(=O)[C@@H](N)Cc1ccccc1.Cl. The van der Waals surface area contributed by atoms with Gasteiger partial charge in [-0.05, 0) is 24.8 Å². The van der Waals surface area contributed by atoms with Crippen molar-refractivity contribution < 1.29 is 14.3 Å². The van der Waals surface area contributed by atoms with Crippen LogP contribution >= 0.6 is 12.4 Å². The number of ether oxygens (including phenoxy) is 1. The number of rotatable bonds is 4. The van der Waals surface area contributed by atoms with E-state index >= 15 is 0 Å². The van der Waals surface area contributed by atoms with Crippen LogP contribution in [0.1, 0.15) is 18.4 Å². The third-order valence-corrected chi connectivity index (χ3v) is 3.62. The highest BCUT2D eigenvalue weighted by Gasteiger charge is 2.36. The molecule has 6 heteroatoms. The Labute approximate surface area is 130 Å². The molecule has 1 saturated heterocycles. The minimum atomic E-state index is -0.623. The largest absolute Gasteiger partial charge is 0.467 e. The van der Waals surface area contributed by atoms with Gasteiger partial charge in [0.1, 0.15) is 6.04 Å². The van der Waals surface area contributed by atoms with Crippen molar-refractivity contribution >= 4 is 24.3 Å². The Morgan fingerprint density at radius 3 is 2.67 bits per heavy atom. The molecule has 0 aliphatic carbocycles.